The lowest BCUT2D eigenvalue weighted by atomic mass is 10.0. The van der Waals surface area contributed by atoms with Gasteiger partial charge in [-0.1, -0.05) is 18.2 Å². The summed E-state index contributed by atoms with van der Waals surface area (Å²) in [6.45, 7) is 1.89. The second-order valence-corrected chi connectivity index (χ2v) is 5.96. The number of alkyl halides is 3. The summed E-state index contributed by atoms with van der Waals surface area (Å²) in [4.78, 5) is 18.6. The van der Waals surface area contributed by atoms with Crippen LogP contribution in [0.1, 0.15) is 17.2 Å². The molecule has 146 valence electrons. The van der Waals surface area contributed by atoms with Gasteiger partial charge in [0, 0.05) is 32.0 Å². The van der Waals surface area contributed by atoms with Crippen LogP contribution < -0.4 is 10.1 Å². The first kappa shape index (κ1) is 21.0. The molecule has 0 spiro atoms. The van der Waals surface area contributed by atoms with Crippen LogP contribution in [0.4, 0.5) is 13.2 Å². The SMILES string of the molecule is Cl.O=C(Cc1ccc(OC(F)(F)F)cc1)N1CCNCC1c1cccnc1. The predicted octanol–water partition coefficient (Wildman–Crippen LogP) is 3.12. The minimum Gasteiger partial charge on any atom is -0.406 e. The van der Waals surface area contributed by atoms with Crippen LogP contribution >= 0.6 is 12.4 Å². The number of rotatable bonds is 4. The van der Waals surface area contributed by atoms with Crippen LogP contribution in [0, 0.1) is 0 Å². The van der Waals surface area contributed by atoms with Gasteiger partial charge in [0.05, 0.1) is 12.5 Å². The minimum atomic E-state index is -4.73. The maximum absolute atomic E-state index is 12.7. The van der Waals surface area contributed by atoms with Crippen molar-refractivity contribution in [1.29, 1.82) is 0 Å². The molecule has 1 saturated heterocycles. The van der Waals surface area contributed by atoms with Gasteiger partial charge in [-0.05, 0) is 29.3 Å². The van der Waals surface area contributed by atoms with Crippen molar-refractivity contribution in [2.75, 3.05) is 19.6 Å². The Morgan fingerprint density at radius 1 is 1.26 bits per heavy atom. The molecule has 1 unspecified atom stereocenters. The van der Waals surface area contributed by atoms with Gasteiger partial charge < -0.3 is 15.0 Å². The number of ether oxygens (including phenoxy) is 1. The smallest absolute Gasteiger partial charge is 0.406 e. The van der Waals surface area contributed by atoms with E-state index in [0.29, 0.717) is 25.2 Å². The Bertz CT molecular complexity index is 742. The molecule has 0 bridgehead atoms. The summed E-state index contributed by atoms with van der Waals surface area (Å²) in [5.41, 5.74) is 1.58. The zero-order valence-electron chi connectivity index (χ0n) is 14.3. The molecule has 1 fully saturated rings. The van der Waals surface area contributed by atoms with E-state index in [0.717, 1.165) is 5.56 Å². The third-order valence-corrected chi connectivity index (χ3v) is 4.15. The van der Waals surface area contributed by atoms with Crippen LogP contribution in [-0.4, -0.2) is 41.8 Å². The molecule has 1 N–H and O–H groups in total. The summed E-state index contributed by atoms with van der Waals surface area (Å²) in [6, 6.07) is 9.01. The van der Waals surface area contributed by atoms with Gasteiger partial charge in [0.1, 0.15) is 5.75 Å². The Kier molecular flexibility index (Phi) is 7.04. The van der Waals surface area contributed by atoms with Crippen LogP contribution in [0.15, 0.2) is 48.8 Å². The third kappa shape index (κ3) is 5.83. The van der Waals surface area contributed by atoms with Gasteiger partial charge in [-0.3, -0.25) is 9.78 Å². The molecule has 0 radical (unpaired) electrons. The number of hydrogen-bond acceptors (Lipinski definition) is 4. The molecule has 2 aromatic rings. The first-order valence-corrected chi connectivity index (χ1v) is 8.17. The molecule has 0 saturated carbocycles. The van der Waals surface area contributed by atoms with Gasteiger partial charge in [0.25, 0.3) is 0 Å². The van der Waals surface area contributed by atoms with Crippen LogP contribution in [0.25, 0.3) is 0 Å². The monoisotopic (exact) mass is 401 g/mol. The molecule has 1 aliphatic heterocycles. The molecule has 1 aliphatic rings. The molecule has 5 nitrogen and oxygen atoms in total. The molecule has 27 heavy (non-hydrogen) atoms. The van der Waals surface area contributed by atoms with Crippen molar-refractivity contribution >= 4 is 18.3 Å². The number of amides is 1. The number of aromatic nitrogens is 1. The summed E-state index contributed by atoms with van der Waals surface area (Å²) >= 11 is 0. The molecule has 2 heterocycles. The van der Waals surface area contributed by atoms with Crippen molar-refractivity contribution in [1.82, 2.24) is 15.2 Å². The number of nitrogens with one attached hydrogen (secondary N) is 1. The van der Waals surface area contributed by atoms with Gasteiger partial charge in [0.15, 0.2) is 0 Å². The maximum atomic E-state index is 12.7. The first-order chi connectivity index (χ1) is 12.4. The van der Waals surface area contributed by atoms with Crippen LogP contribution in [0.3, 0.4) is 0 Å². The highest BCUT2D eigenvalue weighted by atomic mass is 35.5. The second kappa shape index (κ2) is 9.05. The lowest BCUT2D eigenvalue weighted by Gasteiger charge is -2.36. The van der Waals surface area contributed by atoms with Crippen LogP contribution in [-0.2, 0) is 11.2 Å². The van der Waals surface area contributed by atoms with Crippen molar-refractivity contribution in [3.05, 3.63) is 59.9 Å². The molecular weight excluding hydrogens is 383 g/mol. The average Bonchev–Trinajstić information content (AvgIpc) is 2.63. The van der Waals surface area contributed by atoms with Gasteiger partial charge in [-0.2, -0.15) is 0 Å². The number of carbonyl (C=O) groups is 1. The first-order valence-electron chi connectivity index (χ1n) is 8.17. The normalized spacial score (nSPS) is 17.1. The fraction of sp³-hybridized carbons (Fsp3) is 0.333. The summed E-state index contributed by atoms with van der Waals surface area (Å²) in [5, 5.41) is 3.27. The quantitative estimate of drug-likeness (QED) is 0.855. The number of benzene rings is 1. The van der Waals surface area contributed by atoms with Gasteiger partial charge in [-0.15, -0.1) is 25.6 Å². The maximum Gasteiger partial charge on any atom is 0.573 e. The van der Waals surface area contributed by atoms with Gasteiger partial charge in [-0.25, -0.2) is 0 Å². The highest BCUT2D eigenvalue weighted by Gasteiger charge is 2.31. The Morgan fingerprint density at radius 3 is 2.63 bits per heavy atom. The number of piperazine rings is 1. The van der Waals surface area contributed by atoms with E-state index in [1.807, 2.05) is 12.1 Å². The number of nitrogens with zero attached hydrogens (tertiary/aromatic N) is 2. The number of pyridine rings is 1. The van der Waals surface area contributed by atoms with Crippen molar-refractivity contribution < 1.29 is 22.7 Å². The number of carbonyl (C=O) groups excluding carboxylic acids is 1. The van der Waals surface area contributed by atoms with E-state index < -0.39 is 6.36 Å². The van der Waals surface area contributed by atoms with E-state index in [2.05, 4.69) is 15.0 Å². The van der Waals surface area contributed by atoms with Gasteiger partial charge in [0.2, 0.25) is 5.91 Å². The van der Waals surface area contributed by atoms with Crippen LogP contribution in [0.2, 0.25) is 0 Å². The Hall–Kier alpha value is -2.32. The number of halogens is 4. The molecule has 1 aromatic carbocycles. The van der Waals surface area contributed by atoms with E-state index in [4.69, 9.17) is 0 Å². The second-order valence-electron chi connectivity index (χ2n) is 5.96. The third-order valence-electron chi connectivity index (χ3n) is 4.15. The summed E-state index contributed by atoms with van der Waals surface area (Å²) in [5.74, 6) is -0.381. The average molecular weight is 402 g/mol. The summed E-state index contributed by atoms with van der Waals surface area (Å²) in [7, 11) is 0. The minimum absolute atomic E-state index is 0. The Balaban J connectivity index is 0.00000261. The predicted molar refractivity (Wildman–Crippen MR) is 95.6 cm³/mol. The summed E-state index contributed by atoms with van der Waals surface area (Å²) < 4.78 is 40.5. The molecule has 1 amide bonds. The fourth-order valence-electron chi connectivity index (χ4n) is 2.96. The highest BCUT2D eigenvalue weighted by Crippen LogP contribution is 2.25. The van der Waals surface area contributed by atoms with E-state index in [1.165, 1.54) is 24.3 Å². The summed E-state index contributed by atoms with van der Waals surface area (Å²) in [6.07, 6.45) is -1.20. The largest absolute Gasteiger partial charge is 0.573 e. The van der Waals surface area contributed by atoms with E-state index >= 15 is 0 Å². The Morgan fingerprint density at radius 2 is 2.00 bits per heavy atom. The molecule has 1 atom stereocenters. The molecule has 9 heteroatoms. The van der Waals surface area contributed by atoms with E-state index in [1.54, 1.807) is 17.3 Å². The fourth-order valence-corrected chi connectivity index (χ4v) is 2.96. The standard InChI is InChI=1S/C18H18F3N3O2.ClH/c19-18(20,21)26-15-5-3-13(4-6-15)10-17(25)24-9-8-23-12-16(24)14-2-1-7-22-11-14;/h1-7,11,16,23H,8-10,12H2;1H. The lowest BCUT2D eigenvalue weighted by Crippen LogP contribution is -2.49. The van der Waals surface area contributed by atoms with Crippen molar-refractivity contribution in [3.8, 4) is 5.75 Å². The zero-order valence-corrected chi connectivity index (χ0v) is 15.1. The topological polar surface area (TPSA) is 54.5 Å². The zero-order chi connectivity index (χ0) is 18.6. The molecule has 0 aliphatic carbocycles. The van der Waals surface area contributed by atoms with Crippen molar-refractivity contribution in [3.63, 3.8) is 0 Å². The lowest BCUT2D eigenvalue weighted by molar-refractivity contribution is -0.274. The molecular formula is C18H19ClF3N3O2. The highest BCUT2D eigenvalue weighted by molar-refractivity contribution is 5.85. The molecule has 3 rings (SSSR count). The van der Waals surface area contributed by atoms with Gasteiger partial charge >= 0.3 is 6.36 Å². The Labute approximate surface area is 160 Å². The van der Waals surface area contributed by atoms with Crippen molar-refractivity contribution in [2.24, 2.45) is 0 Å². The van der Waals surface area contributed by atoms with E-state index in [9.17, 15) is 18.0 Å². The molecule has 1 aromatic heterocycles. The number of hydrogen-bond donors (Lipinski definition) is 1. The van der Waals surface area contributed by atoms with E-state index in [-0.39, 0.29) is 36.5 Å². The van der Waals surface area contributed by atoms with Crippen molar-refractivity contribution in [2.45, 2.75) is 18.8 Å². The van der Waals surface area contributed by atoms with Crippen LogP contribution in [0.5, 0.6) is 5.75 Å².